The number of sulfone groups is 1. The second-order valence-corrected chi connectivity index (χ2v) is 6.85. The lowest BCUT2D eigenvalue weighted by Crippen LogP contribution is -2.38. The summed E-state index contributed by atoms with van der Waals surface area (Å²) in [6.07, 6.45) is 0. The molecule has 1 aromatic rings. The Hall–Kier alpha value is -1.93. The molecule has 0 fully saturated rings. The number of fused-ring (bicyclic) bond motifs is 1. The number of nitrogens with one attached hydrogen (secondary N) is 1. The summed E-state index contributed by atoms with van der Waals surface area (Å²) in [4.78, 5) is 15.3. The minimum Gasteiger partial charge on any atom is -0.370 e. The first-order valence-corrected chi connectivity index (χ1v) is 7.55. The van der Waals surface area contributed by atoms with Crippen molar-refractivity contribution >= 4 is 21.7 Å². The number of nitrogens with zero attached hydrogens (tertiary/aromatic N) is 1. The second-order valence-electron chi connectivity index (χ2n) is 4.89. The molecule has 0 aliphatic carbocycles. The molecule has 1 aliphatic rings. The summed E-state index contributed by atoms with van der Waals surface area (Å²) in [7, 11) is -1.74. The lowest BCUT2D eigenvalue weighted by atomic mass is 9.94. The first kappa shape index (κ1) is 14.5. The molecule has 1 aliphatic heterocycles. The van der Waals surface area contributed by atoms with Crippen LogP contribution in [-0.4, -0.2) is 33.1 Å². The van der Waals surface area contributed by atoms with E-state index in [9.17, 15) is 13.2 Å². The van der Waals surface area contributed by atoms with Crippen LogP contribution in [0.2, 0.25) is 0 Å². The van der Waals surface area contributed by atoms with Crippen molar-refractivity contribution in [2.75, 3.05) is 12.8 Å². The number of carbonyl (C=O) groups is 1. The first-order valence-electron chi connectivity index (χ1n) is 5.90. The van der Waals surface area contributed by atoms with Gasteiger partial charge in [-0.1, -0.05) is 6.07 Å². The Bertz CT molecular complexity index is 707. The van der Waals surface area contributed by atoms with Crippen molar-refractivity contribution in [2.24, 2.45) is 16.5 Å². The van der Waals surface area contributed by atoms with Crippen LogP contribution in [0.5, 0.6) is 0 Å². The Kier molecular flexibility index (Phi) is 3.31. The molecular weight excluding hydrogens is 280 g/mol. The van der Waals surface area contributed by atoms with E-state index in [1.807, 2.05) is 0 Å². The van der Waals surface area contributed by atoms with Crippen molar-refractivity contribution in [3.05, 3.63) is 29.3 Å². The van der Waals surface area contributed by atoms with E-state index in [1.165, 1.54) is 12.1 Å². The van der Waals surface area contributed by atoms with Crippen LogP contribution in [0, 0.1) is 0 Å². The zero-order valence-electron chi connectivity index (χ0n) is 11.2. The van der Waals surface area contributed by atoms with E-state index in [-0.39, 0.29) is 22.2 Å². The third kappa shape index (κ3) is 2.27. The number of hydrogen-bond donors (Lipinski definition) is 3. The largest absolute Gasteiger partial charge is 0.370 e. The van der Waals surface area contributed by atoms with Crippen molar-refractivity contribution < 1.29 is 13.2 Å². The first-order chi connectivity index (χ1) is 9.19. The normalized spacial score (nSPS) is 23.1. The number of hydrogen-bond acceptors (Lipinski definition) is 4. The minimum atomic E-state index is -3.44. The average molecular weight is 296 g/mol. The zero-order valence-corrected chi connectivity index (χ0v) is 12.0. The molecule has 1 unspecified atom stereocenters. The average Bonchev–Trinajstić information content (AvgIpc) is 2.56. The van der Waals surface area contributed by atoms with Crippen LogP contribution in [0.15, 0.2) is 28.1 Å². The Morgan fingerprint density at radius 1 is 1.40 bits per heavy atom. The molecule has 8 heteroatoms. The van der Waals surface area contributed by atoms with Crippen molar-refractivity contribution in [1.82, 2.24) is 5.32 Å². The maximum atomic E-state index is 12.2. The van der Waals surface area contributed by atoms with Crippen LogP contribution in [0.1, 0.15) is 22.8 Å². The molecule has 1 heterocycles. The van der Waals surface area contributed by atoms with Gasteiger partial charge in [-0.2, -0.15) is 4.99 Å². The molecule has 0 saturated heterocycles. The van der Waals surface area contributed by atoms with Gasteiger partial charge < -0.3 is 16.8 Å². The van der Waals surface area contributed by atoms with Gasteiger partial charge in [0.1, 0.15) is 0 Å². The lowest BCUT2D eigenvalue weighted by molar-refractivity contribution is 0.100. The van der Waals surface area contributed by atoms with Gasteiger partial charge >= 0.3 is 0 Å². The quantitative estimate of drug-likeness (QED) is 0.490. The highest BCUT2D eigenvalue weighted by Gasteiger charge is 2.43. The number of carbonyl (C=O) groups excluding carboxylic acids is 1. The van der Waals surface area contributed by atoms with E-state index >= 15 is 0 Å². The van der Waals surface area contributed by atoms with Gasteiger partial charge in [0.05, 0.1) is 16.2 Å². The van der Waals surface area contributed by atoms with Gasteiger partial charge in [-0.25, -0.2) is 8.42 Å². The highest BCUT2D eigenvalue weighted by Crippen LogP contribution is 2.38. The molecule has 1 amide bonds. The topological polar surface area (TPSA) is 128 Å². The summed E-state index contributed by atoms with van der Waals surface area (Å²) in [5.74, 6) is -1.08. The van der Waals surface area contributed by atoms with Gasteiger partial charge in [-0.05, 0) is 31.7 Å². The molecule has 2 rings (SSSR count). The van der Waals surface area contributed by atoms with Gasteiger partial charge in [-0.15, -0.1) is 0 Å². The van der Waals surface area contributed by atoms with Crippen LogP contribution >= 0.6 is 0 Å². The molecule has 0 saturated carbocycles. The minimum absolute atomic E-state index is 0.0498. The summed E-state index contributed by atoms with van der Waals surface area (Å²) in [6.45, 7) is 1.80. The third-order valence-corrected chi connectivity index (χ3v) is 5.38. The SMILES string of the molecule is CNC1(C)CS(=O)(=O)c2cc(C(=O)N=C(N)N)ccc21. The van der Waals surface area contributed by atoms with E-state index in [0.717, 1.165) is 0 Å². The van der Waals surface area contributed by atoms with E-state index < -0.39 is 21.3 Å². The van der Waals surface area contributed by atoms with Crippen molar-refractivity contribution in [3.8, 4) is 0 Å². The van der Waals surface area contributed by atoms with E-state index in [2.05, 4.69) is 10.3 Å². The third-order valence-electron chi connectivity index (χ3n) is 3.42. The number of rotatable bonds is 2. The Labute approximate surface area is 117 Å². The smallest absolute Gasteiger partial charge is 0.280 e. The molecule has 0 aromatic heterocycles. The molecule has 0 radical (unpaired) electrons. The van der Waals surface area contributed by atoms with Crippen molar-refractivity contribution in [3.63, 3.8) is 0 Å². The molecule has 1 aromatic carbocycles. The Morgan fingerprint density at radius 3 is 2.60 bits per heavy atom. The summed E-state index contributed by atoms with van der Waals surface area (Å²) in [5.41, 5.74) is 10.4. The maximum absolute atomic E-state index is 12.2. The molecule has 108 valence electrons. The van der Waals surface area contributed by atoms with E-state index in [1.54, 1.807) is 20.0 Å². The molecule has 20 heavy (non-hydrogen) atoms. The molecule has 0 bridgehead atoms. The summed E-state index contributed by atoms with van der Waals surface area (Å²) in [5, 5.41) is 3.00. The highest BCUT2D eigenvalue weighted by atomic mass is 32.2. The maximum Gasteiger partial charge on any atom is 0.280 e. The number of guanidine groups is 1. The predicted molar refractivity (Wildman–Crippen MR) is 75.0 cm³/mol. The van der Waals surface area contributed by atoms with E-state index in [0.29, 0.717) is 5.56 Å². The molecule has 7 nitrogen and oxygen atoms in total. The Morgan fingerprint density at radius 2 is 2.05 bits per heavy atom. The van der Waals surface area contributed by atoms with Crippen LogP contribution in [0.4, 0.5) is 0 Å². The van der Waals surface area contributed by atoms with Crippen LogP contribution in [0.3, 0.4) is 0 Å². The van der Waals surface area contributed by atoms with Gasteiger partial charge in [-0.3, -0.25) is 4.79 Å². The summed E-state index contributed by atoms with van der Waals surface area (Å²) >= 11 is 0. The number of nitrogens with two attached hydrogens (primary N) is 2. The number of amides is 1. The molecular formula is C12H16N4O3S. The Balaban J connectivity index is 2.58. The predicted octanol–water partition coefficient (Wildman–Crippen LogP) is -0.678. The van der Waals surface area contributed by atoms with Crippen molar-refractivity contribution in [1.29, 1.82) is 0 Å². The van der Waals surface area contributed by atoms with Gasteiger partial charge in [0, 0.05) is 5.56 Å². The molecule has 1 atom stereocenters. The van der Waals surface area contributed by atoms with Gasteiger partial charge in [0.25, 0.3) is 5.91 Å². The fourth-order valence-corrected chi connectivity index (χ4v) is 4.44. The van der Waals surface area contributed by atoms with E-state index in [4.69, 9.17) is 11.5 Å². The number of benzene rings is 1. The second kappa shape index (κ2) is 4.57. The fourth-order valence-electron chi connectivity index (χ4n) is 2.29. The van der Waals surface area contributed by atoms with Crippen LogP contribution in [0.25, 0.3) is 0 Å². The van der Waals surface area contributed by atoms with Gasteiger partial charge in [0.15, 0.2) is 15.8 Å². The number of aliphatic imine (C=N–C) groups is 1. The summed E-state index contributed by atoms with van der Waals surface area (Å²) < 4.78 is 24.4. The standard InChI is InChI=1S/C12H16N4O3S/c1-12(15-2)6-20(18,19)9-5-7(3-4-8(9)12)10(17)16-11(13)14/h3-5,15H,6H2,1-2H3,(H4,13,14,16,17). The van der Waals surface area contributed by atoms with Gasteiger partial charge in [0.2, 0.25) is 0 Å². The lowest BCUT2D eigenvalue weighted by Gasteiger charge is -2.22. The van der Waals surface area contributed by atoms with Crippen LogP contribution < -0.4 is 16.8 Å². The summed E-state index contributed by atoms with van der Waals surface area (Å²) in [6, 6.07) is 4.46. The van der Waals surface area contributed by atoms with Crippen molar-refractivity contribution in [2.45, 2.75) is 17.4 Å². The van der Waals surface area contributed by atoms with Crippen LogP contribution in [-0.2, 0) is 15.4 Å². The molecule has 0 spiro atoms. The highest BCUT2D eigenvalue weighted by molar-refractivity contribution is 7.91. The monoisotopic (exact) mass is 296 g/mol. The zero-order chi connectivity index (χ0) is 15.1. The molecule has 5 N–H and O–H groups in total. The fraction of sp³-hybridized carbons (Fsp3) is 0.333.